The molecule has 3 nitrogen and oxygen atoms in total. The van der Waals surface area contributed by atoms with Gasteiger partial charge in [-0.3, -0.25) is 4.79 Å². The number of phenols is 1. The van der Waals surface area contributed by atoms with Gasteiger partial charge in [0.1, 0.15) is 12.4 Å². The van der Waals surface area contributed by atoms with Gasteiger partial charge in [0, 0.05) is 10.6 Å². The van der Waals surface area contributed by atoms with Gasteiger partial charge in [-0.1, -0.05) is 53.5 Å². The van der Waals surface area contributed by atoms with Crippen LogP contribution in [0.2, 0.25) is 10.0 Å². The molecule has 20 heavy (non-hydrogen) atoms. The van der Waals surface area contributed by atoms with Crippen LogP contribution in [-0.4, -0.2) is 11.1 Å². The number of esters is 1. The second kappa shape index (κ2) is 6.64. The molecular weight excluding hydrogens is 299 g/mol. The number of rotatable bonds is 4. The molecule has 1 N–H and O–H groups in total. The monoisotopic (exact) mass is 310 g/mol. The predicted octanol–water partition coefficient (Wildman–Crippen LogP) is 3.98. The van der Waals surface area contributed by atoms with Crippen LogP contribution in [0.1, 0.15) is 11.1 Å². The summed E-state index contributed by atoms with van der Waals surface area (Å²) in [5, 5.41) is 10.2. The molecule has 2 rings (SSSR count). The van der Waals surface area contributed by atoms with Gasteiger partial charge in [-0.25, -0.2) is 0 Å². The maximum absolute atomic E-state index is 11.7. The van der Waals surface area contributed by atoms with Gasteiger partial charge in [0.2, 0.25) is 0 Å². The summed E-state index contributed by atoms with van der Waals surface area (Å²) in [5.74, 6) is -0.602. The minimum Gasteiger partial charge on any atom is -0.506 e. The van der Waals surface area contributed by atoms with Gasteiger partial charge >= 0.3 is 5.97 Å². The Morgan fingerprint density at radius 1 is 1.15 bits per heavy atom. The van der Waals surface area contributed by atoms with E-state index in [1.807, 2.05) is 30.3 Å². The van der Waals surface area contributed by atoms with Gasteiger partial charge in [-0.05, 0) is 17.7 Å². The van der Waals surface area contributed by atoms with Crippen LogP contribution in [0.3, 0.4) is 0 Å². The van der Waals surface area contributed by atoms with Gasteiger partial charge in [-0.15, -0.1) is 0 Å². The Kier molecular flexibility index (Phi) is 4.88. The number of phenolic OH excluding ortho intramolecular Hbond substituents is 1. The molecule has 104 valence electrons. The first kappa shape index (κ1) is 14.7. The van der Waals surface area contributed by atoms with Gasteiger partial charge in [0.25, 0.3) is 0 Å². The number of aromatic hydroxyl groups is 1. The number of ether oxygens (including phenoxy) is 1. The van der Waals surface area contributed by atoms with Crippen molar-refractivity contribution in [3.05, 3.63) is 63.6 Å². The van der Waals surface area contributed by atoms with E-state index in [2.05, 4.69) is 0 Å². The number of carbonyl (C=O) groups excluding carboxylic acids is 1. The minimum atomic E-state index is -0.456. The standard InChI is InChI=1S/C15H12Cl2O3/c16-12-6-11(15(19)13(17)8-12)7-14(18)20-9-10-4-2-1-3-5-10/h1-6,8,19H,7,9H2. The zero-order valence-corrected chi connectivity index (χ0v) is 12.0. The highest BCUT2D eigenvalue weighted by Gasteiger charge is 2.13. The number of halogens is 2. The van der Waals surface area contributed by atoms with E-state index in [0.29, 0.717) is 10.6 Å². The van der Waals surface area contributed by atoms with Crippen molar-refractivity contribution in [3.63, 3.8) is 0 Å². The summed E-state index contributed by atoms with van der Waals surface area (Å²) in [6, 6.07) is 12.3. The van der Waals surface area contributed by atoms with Crippen LogP contribution in [0.4, 0.5) is 0 Å². The van der Waals surface area contributed by atoms with E-state index in [0.717, 1.165) is 5.56 Å². The van der Waals surface area contributed by atoms with E-state index in [4.69, 9.17) is 27.9 Å². The zero-order valence-electron chi connectivity index (χ0n) is 10.5. The molecule has 0 saturated carbocycles. The van der Waals surface area contributed by atoms with Crippen LogP contribution in [0.25, 0.3) is 0 Å². The summed E-state index contributed by atoms with van der Waals surface area (Å²) in [4.78, 5) is 11.7. The van der Waals surface area contributed by atoms with E-state index in [9.17, 15) is 9.90 Å². The third-order valence-electron chi connectivity index (χ3n) is 2.68. The lowest BCUT2D eigenvalue weighted by Crippen LogP contribution is -2.08. The normalized spacial score (nSPS) is 10.3. The fourth-order valence-electron chi connectivity index (χ4n) is 1.70. The van der Waals surface area contributed by atoms with Gasteiger partial charge in [0.05, 0.1) is 11.4 Å². The van der Waals surface area contributed by atoms with Crippen molar-refractivity contribution in [1.82, 2.24) is 0 Å². The first-order valence-corrected chi connectivity index (χ1v) is 6.68. The molecule has 0 bridgehead atoms. The number of benzene rings is 2. The molecule has 0 aliphatic heterocycles. The minimum absolute atomic E-state index is 0.0844. The lowest BCUT2D eigenvalue weighted by molar-refractivity contribution is -0.144. The Morgan fingerprint density at radius 3 is 2.55 bits per heavy atom. The van der Waals surface area contributed by atoms with Crippen molar-refractivity contribution in [2.75, 3.05) is 0 Å². The fourth-order valence-corrected chi connectivity index (χ4v) is 2.23. The Morgan fingerprint density at radius 2 is 1.85 bits per heavy atom. The summed E-state index contributed by atoms with van der Waals surface area (Å²) in [7, 11) is 0. The highest BCUT2D eigenvalue weighted by Crippen LogP contribution is 2.31. The molecule has 0 saturated heterocycles. The average Bonchev–Trinajstić information content (AvgIpc) is 2.43. The summed E-state index contributed by atoms with van der Waals surface area (Å²) in [6.07, 6.45) is -0.0844. The van der Waals surface area contributed by atoms with E-state index >= 15 is 0 Å². The summed E-state index contributed by atoms with van der Waals surface area (Å²) < 4.78 is 5.13. The zero-order chi connectivity index (χ0) is 14.5. The van der Waals surface area contributed by atoms with Crippen molar-refractivity contribution in [3.8, 4) is 5.75 Å². The molecule has 0 radical (unpaired) electrons. The second-order valence-corrected chi connectivity index (χ2v) is 5.06. The molecule has 0 amide bonds. The quantitative estimate of drug-likeness (QED) is 0.869. The predicted molar refractivity (Wildman–Crippen MR) is 78.1 cm³/mol. The van der Waals surface area contributed by atoms with Crippen molar-refractivity contribution in [2.24, 2.45) is 0 Å². The molecule has 0 fully saturated rings. The van der Waals surface area contributed by atoms with Gasteiger partial charge in [-0.2, -0.15) is 0 Å². The lowest BCUT2D eigenvalue weighted by Gasteiger charge is -2.08. The van der Waals surface area contributed by atoms with E-state index in [1.165, 1.54) is 12.1 Å². The molecule has 5 heteroatoms. The van der Waals surface area contributed by atoms with Crippen molar-refractivity contribution in [1.29, 1.82) is 0 Å². The highest BCUT2D eigenvalue weighted by atomic mass is 35.5. The molecule has 0 aromatic heterocycles. The van der Waals surface area contributed by atoms with Crippen LogP contribution in [0, 0.1) is 0 Å². The Bertz CT molecular complexity index is 612. The Balaban J connectivity index is 1.98. The van der Waals surface area contributed by atoms with E-state index in [-0.39, 0.29) is 23.8 Å². The first-order valence-electron chi connectivity index (χ1n) is 5.92. The van der Waals surface area contributed by atoms with E-state index < -0.39 is 5.97 Å². The number of hydrogen-bond acceptors (Lipinski definition) is 3. The summed E-state index contributed by atoms with van der Waals surface area (Å²) in [5.41, 5.74) is 1.25. The van der Waals surface area contributed by atoms with Crippen LogP contribution >= 0.6 is 23.2 Å². The van der Waals surface area contributed by atoms with Crippen molar-refractivity contribution >= 4 is 29.2 Å². The van der Waals surface area contributed by atoms with Crippen molar-refractivity contribution in [2.45, 2.75) is 13.0 Å². The molecule has 0 heterocycles. The average molecular weight is 311 g/mol. The molecule has 0 aliphatic carbocycles. The topological polar surface area (TPSA) is 46.5 Å². The lowest BCUT2D eigenvalue weighted by atomic mass is 10.1. The molecule has 0 atom stereocenters. The van der Waals surface area contributed by atoms with Crippen LogP contribution in [0.5, 0.6) is 5.75 Å². The van der Waals surface area contributed by atoms with Crippen LogP contribution in [0.15, 0.2) is 42.5 Å². The molecule has 0 unspecified atom stereocenters. The summed E-state index contributed by atoms with van der Waals surface area (Å²) in [6.45, 7) is 0.189. The van der Waals surface area contributed by atoms with Gasteiger partial charge < -0.3 is 9.84 Å². The third-order valence-corrected chi connectivity index (χ3v) is 3.19. The first-order chi connectivity index (χ1) is 9.56. The molecule has 2 aromatic carbocycles. The Labute approximate surface area is 126 Å². The van der Waals surface area contributed by atoms with E-state index in [1.54, 1.807) is 0 Å². The van der Waals surface area contributed by atoms with Crippen LogP contribution < -0.4 is 0 Å². The Hall–Kier alpha value is -1.71. The van der Waals surface area contributed by atoms with Crippen molar-refractivity contribution < 1.29 is 14.6 Å². The molecule has 2 aromatic rings. The molecular formula is C15H12Cl2O3. The number of carbonyl (C=O) groups is 1. The molecule has 0 spiro atoms. The van der Waals surface area contributed by atoms with Crippen LogP contribution in [-0.2, 0) is 22.6 Å². The number of hydrogen-bond donors (Lipinski definition) is 1. The maximum Gasteiger partial charge on any atom is 0.310 e. The smallest absolute Gasteiger partial charge is 0.310 e. The highest BCUT2D eigenvalue weighted by molar-refractivity contribution is 6.35. The van der Waals surface area contributed by atoms with Gasteiger partial charge in [0.15, 0.2) is 0 Å². The largest absolute Gasteiger partial charge is 0.506 e. The fraction of sp³-hybridized carbons (Fsp3) is 0.133. The maximum atomic E-state index is 11.7. The SMILES string of the molecule is O=C(Cc1cc(Cl)cc(Cl)c1O)OCc1ccccc1. The second-order valence-electron chi connectivity index (χ2n) is 4.22. The third kappa shape index (κ3) is 3.89. The summed E-state index contributed by atoms with van der Waals surface area (Å²) >= 11 is 11.6. The molecule has 0 aliphatic rings.